The summed E-state index contributed by atoms with van der Waals surface area (Å²) >= 11 is 5.19. The molecule has 0 saturated heterocycles. The third-order valence-corrected chi connectivity index (χ3v) is 2.79. The van der Waals surface area contributed by atoms with E-state index in [9.17, 15) is 4.39 Å². The molecule has 0 aliphatic carbocycles. The molecule has 0 atom stereocenters. The van der Waals surface area contributed by atoms with Gasteiger partial charge in [0.1, 0.15) is 5.82 Å². The van der Waals surface area contributed by atoms with Gasteiger partial charge in [-0.1, -0.05) is 13.3 Å². The van der Waals surface area contributed by atoms with Gasteiger partial charge in [-0.25, -0.2) is 4.39 Å². The van der Waals surface area contributed by atoms with Gasteiger partial charge >= 0.3 is 0 Å². The Kier molecular flexibility index (Phi) is 2.86. The molecule has 0 unspecified atom stereocenters. The normalized spacial score (nSPS) is 11.1. The summed E-state index contributed by atoms with van der Waals surface area (Å²) in [5.41, 5.74) is 1.76. The predicted octanol–water partition coefficient (Wildman–Crippen LogP) is 3.64. The Hall–Kier alpha value is -1.16. The molecule has 0 amide bonds. The molecule has 4 heteroatoms. The number of nitrogens with one attached hydrogen (secondary N) is 1. The Morgan fingerprint density at radius 3 is 3.00 bits per heavy atom. The van der Waals surface area contributed by atoms with E-state index in [1.165, 1.54) is 12.1 Å². The number of aromatic amines is 1. The molecule has 1 aromatic carbocycles. The van der Waals surface area contributed by atoms with E-state index < -0.39 is 0 Å². The van der Waals surface area contributed by atoms with Crippen molar-refractivity contribution in [2.75, 3.05) is 0 Å². The van der Waals surface area contributed by atoms with Crippen LogP contribution < -0.4 is 0 Å². The second-order valence-electron chi connectivity index (χ2n) is 3.60. The largest absolute Gasteiger partial charge is 0.330 e. The molecule has 2 nitrogen and oxygen atoms in total. The standard InChI is InChI=1S/C11H13FN2S/c1-2-3-6-14-10-5-4-8(12)7-9(10)13-11(14)15/h4-5,7H,2-3,6H2,1H3,(H,13,15). The molecular weight excluding hydrogens is 211 g/mol. The van der Waals surface area contributed by atoms with E-state index in [-0.39, 0.29) is 5.82 Å². The lowest BCUT2D eigenvalue weighted by molar-refractivity contribution is 0.627. The van der Waals surface area contributed by atoms with Crippen LogP contribution in [0.4, 0.5) is 4.39 Å². The summed E-state index contributed by atoms with van der Waals surface area (Å²) in [7, 11) is 0. The van der Waals surface area contributed by atoms with Gasteiger partial charge in [0.2, 0.25) is 0 Å². The Bertz CT molecular complexity index is 527. The highest BCUT2D eigenvalue weighted by atomic mass is 32.1. The third kappa shape index (κ3) is 1.95. The van der Waals surface area contributed by atoms with Gasteiger partial charge in [-0.05, 0) is 36.8 Å². The molecule has 0 saturated carbocycles. The Balaban J connectivity index is 2.53. The number of aryl methyl sites for hydroxylation is 1. The molecule has 1 heterocycles. The highest BCUT2D eigenvalue weighted by Crippen LogP contribution is 2.16. The number of nitrogens with zero attached hydrogens (tertiary/aromatic N) is 1. The zero-order valence-electron chi connectivity index (χ0n) is 8.59. The third-order valence-electron chi connectivity index (χ3n) is 2.47. The van der Waals surface area contributed by atoms with Crippen molar-refractivity contribution in [2.45, 2.75) is 26.3 Å². The molecule has 0 aliphatic heterocycles. The van der Waals surface area contributed by atoms with Crippen molar-refractivity contribution in [3.8, 4) is 0 Å². The summed E-state index contributed by atoms with van der Waals surface area (Å²) in [5.74, 6) is -0.235. The fourth-order valence-electron chi connectivity index (χ4n) is 1.67. The van der Waals surface area contributed by atoms with Crippen molar-refractivity contribution in [1.82, 2.24) is 9.55 Å². The minimum absolute atomic E-state index is 0.235. The molecule has 0 spiro atoms. The average Bonchev–Trinajstić information content (AvgIpc) is 2.50. The number of unbranched alkanes of at least 4 members (excludes halogenated alkanes) is 1. The van der Waals surface area contributed by atoms with Crippen LogP contribution in [-0.4, -0.2) is 9.55 Å². The summed E-state index contributed by atoms with van der Waals surface area (Å²) in [6, 6.07) is 4.72. The molecular formula is C11H13FN2S. The summed E-state index contributed by atoms with van der Waals surface area (Å²) in [6.07, 6.45) is 2.20. The van der Waals surface area contributed by atoms with Gasteiger partial charge in [-0.15, -0.1) is 0 Å². The lowest BCUT2D eigenvalue weighted by Gasteiger charge is -2.02. The fraction of sp³-hybridized carbons (Fsp3) is 0.364. The zero-order valence-corrected chi connectivity index (χ0v) is 9.40. The van der Waals surface area contributed by atoms with Gasteiger partial charge in [0.15, 0.2) is 4.77 Å². The number of rotatable bonds is 3. The molecule has 1 aromatic heterocycles. The number of aromatic nitrogens is 2. The molecule has 1 N–H and O–H groups in total. The summed E-state index contributed by atoms with van der Waals surface area (Å²) in [6.45, 7) is 3.03. The monoisotopic (exact) mass is 224 g/mol. The number of hydrogen-bond donors (Lipinski definition) is 1. The first-order valence-corrected chi connectivity index (χ1v) is 5.51. The number of fused-ring (bicyclic) bond motifs is 1. The maximum absolute atomic E-state index is 13.0. The van der Waals surface area contributed by atoms with Gasteiger partial charge in [-0.3, -0.25) is 0 Å². The lowest BCUT2D eigenvalue weighted by atomic mass is 10.3. The number of benzene rings is 1. The average molecular weight is 224 g/mol. The van der Waals surface area contributed by atoms with E-state index in [2.05, 4.69) is 11.9 Å². The molecule has 15 heavy (non-hydrogen) atoms. The smallest absolute Gasteiger partial charge is 0.178 e. The van der Waals surface area contributed by atoms with Crippen LogP contribution in [0.2, 0.25) is 0 Å². The van der Waals surface area contributed by atoms with Crippen LogP contribution in [0.1, 0.15) is 19.8 Å². The van der Waals surface area contributed by atoms with E-state index in [1.54, 1.807) is 6.07 Å². The van der Waals surface area contributed by atoms with E-state index in [0.717, 1.165) is 30.4 Å². The minimum atomic E-state index is -0.235. The van der Waals surface area contributed by atoms with Gasteiger partial charge < -0.3 is 9.55 Å². The van der Waals surface area contributed by atoms with E-state index >= 15 is 0 Å². The van der Waals surface area contributed by atoms with E-state index in [1.807, 2.05) is 4.57 Å². The molecule has 0 fully saturated rings. The van der Waals surface area contributed by atoms with Crippen LogP contribution in [0.15, 0.2) is 18.2 Å². The first kappa shape index (κ1) is 10.4. The van der Waals surface area contributed by atoms with Gasteiger partial charge in [0, 0.05) is 6.54 Å². The minimum Gasteiger partial charge on any atom is -0.330 e. The molecule has 2 aromatic rings. The highest BCUT2D eigenvalue weighted by molar-refractivity contribution is 7.71. The Morgan fingerprint density at radius 1 is 1.47 bits per heavy atom. The van der Waals surface area contributed by atoms with Gasteiger partial charge in [-0.2, -0.15) is 0 Å². The van der Waals surface area contributed by atoms with Crippen LogP contribution in [0.3, 0.4) is 0 Å². The highest BCUT2D eigenvalue weighted by Gasteiger charge is 2.04. The second-order valence-corrected chi connectivity index (χ2v) is 3.98. The summed E-state index contributed by atoms with van der Waals surface area (Å²) in [4.78, 5) is 3.01. The van der Waals surface area contributed by atoms with E-state index in [4.69, 9.17) is 12.2 Å². The number of halogens is 1. The second kappa shape index (κ2) is 4.14. The SMILES string of the molecule is CCCCn1c(=S)[nH]c2cc(F)ccc21. The van der Waals surface area contributed by atoms with Crippen molar-refractivity contribution in [3.05, 3.63) is 28.8 Å². The number of H-pyrrole nitrogens is 1. The fourth-order valence-corrected chi connectivity index (χ4v) is 1.97. The molecule has 80 valence electrons. The Labute approximate surface area is 92.7 Å². The first-order chi connectivity index (χ1) is 7.22. The zero-order chi connectivity index (χ0) is 10.8. The summed E-state index contributed by atoms with van der Waals surface area (Å²) in [5, 5.41) is 0. The maximum atomic E-state index is 13.0. The maximum Gasteiger partial charge on any atom is 0.178 e. The van der Waals surface area contributed by atoms with Crippen molar-refractivity contribution in [3.63, 3.8) is 0 Å². The van der Waals surface area contributed by atoms with Crippen molar-refractivity contribution in [2.24, 2.45) is 0 Å². The van der Waals surface area contributed by atoms with Crippen LogP contribution in [0.25, 0.3) is 11.0 Å². The van der Waals surface area contributed by atoms with Gasteiger partial charge in [0.05, 0.1) is 11.0 Å². The van der Waals surface area contributed by atoms with Crippen LogP contribution in [-0.2, 0) is 6.54 Å². The molecule has 0 bridgehead atoms. The Morgan fingerprint density at radius 2 is 2.27 bits per heavy atom. The van der Waals surface area contributed by atoms with E-state index in [0.29, 0.717) is 4.77 Å². The van der Waals surface area contributed by atoms with Crippen LogP contribution in [0.5, 0.6) is 0 Å². The van der Waals surface area contributed by atoms with Crippen LogP contribution in [0, 0.1) is 10.6 Å². The van der Waals surface area contributed by atoms with Crippen LogP contribution >= 0.6 is 12.2 Å². The molecule has 0 aliphatic rings. The first-order valence-electron chi connectivity index (χ1n) is 5.10. The molecule has 2 rings (SSSR count). The predicted molar refractivity (Wildman–Crippen MR) is 62.0 cm³/mol. The summed E-state index contributed by atoms with van der Waals surface area (Å²) < 4.78 is 15.7. The lowest BCUT2D eigenvalue weighted by Crippen LogP contribution is -1.97. The van der Waals surface area contributed by atoms with Crippen molar-refractivity contribution < 1.29 is 4.39 Å². The quantitative estimate of drug-likeness (QED) is 0.789. The molecule has 0 radical (unpaired) electrons. The number of hydrogen-bond acceptors (Lipinski definition) is 1. The van der Waals surface area contributed by atoms with Crippen molar-refractivity contribution >= 4 is 23.3 Å². The topological polar surface area (TPSA) is 20.7 Å². The van der Waals surface area contributed by atoms with Crippen molar-refractivity contribution in [1.29, 1.82) is 0 Å². The van der Waals surface area contributed by atoms with Gasteiger partial charge in [0.25, 0.3) is 0 Å². The number of imidazole rings is 1.